The Labute approximate surface area is 158 Å². The van der Waals surface area contributed by atoms with Crippen LogP contribution in [0.2, 0.25) is 0 Å². The fourth-order valence-electron chi connectivity index (χ4n) is 3.37. The van der Waals surface area contributed by atoms with Gasteiger partial charge in [0, 0.05) is 30.8 Å². The number of hydrogen-bond donors (Lipinski definition) is 1. The fourth-order valence-corrected chi connectivity index (χ4v) is 3.37. The lowest BCUT2D eigenvalue weighted by Gasteiger charge is -2.22. The van der Waals surface area contributed by atoms with E-state index in [1.165, 1.54) is 0 Å². The van der Waals surface area contributed by atoms with Gasteiger partial charge in [-0.1, -0.05) is 12.1 Å². The van der Waals surface area contributed by atoms with Crippen molar-refractivity contribution < 1.29 is 9.47 Å². The van der Waals surface area contributed by atoms with Gasteiger partial charge in [0.2, 0.25) is 0 Å². The first-order valence-electron chi connectivity index (χ1n) is 8.82. The highest BCUT2D eigenvalue weighted by Gasteiger charge is 2.24. The number of nitrogens with one attached hydrogen (secondary N) is 1. The van der Waals surface area contributed by atoms with Crippen LogP contribution in [-0.4, -0.2) is 29.7 Å². The summed E-state index contributed by atoms with van der Waals surface area (Å²) in [6, 6.07) is 13.9. The number of ether oxygens (including phenoxy) is 2. The minimum absolute atomic E-state index is 0.0161. The molecule has 1 aliphatic rings. The summed E-state index contributed by atoms with van der Waals surface area (Å²) in [6.45, 7) is 0. The topological polar surface area (TPSA) is 60.7 Å². The SMILES string of the molecule is COc1ccc(OC)c([C@@H]2CC(c3cnn(C)c3)=Nc3ccccc3N2)c1. The van der Waals surface area contributed by atoms with Gasteiger partial charge in [-0.2, -0.15) is 5.10 Å². The van der Waals surface area contributed by atoms with Crippen LogP contribution in [0.5, 0.6) is 11.5 Å². The zero-order chi connectivity index (χ0) is 18.8. The van der Waals surface area contributed by atoms with Crippen LogP contribution in [-0.2, 0) is 7.05 Å². The number of rotatable bonds is 4. The predicted molar refractivity (Wildman–Crippen MR) is 106 cm³/mol. The summed E-state index contributed by atoms with van der Waals surface area (Å²) in [7, 11) is 5.27. The van der Waals surface area contributed by atoms with Gasteiger partial charge in [0.25, 0.3) is 0 Å². The lowest BCUT2D eigenvalue weighted by Crippen LogP contribution is -2.15. The molecule has 4 rings (SSSR count). The zero-order valence-corrected chi connectivity index (χ0v) is 15.6. The Bertz CT molecular complexity index is 993. The van der Waals surface area contributed by atoms with E-state index in [1.807, 2.05) is 61.9 Å². The van der Waals surface area contributed by atoms with E-state index >= 15 is 0 Å². The minimum atomic E-state index is -0.0161. The maximum atomic E-state index is 5.62. The highest BCUT2D eigenvalue weighted by Crippen LogP contribution is 2.39. The average molecular weight is 362 g/mol. The molecule has 1 atom stereocenters. The molecule has 0 amide bonds. The summed E-state index contributed by atoms with van der Waals surface area (Å²) in [5.74, 6) is 1.61. The highest BCUT2D eigenvalue weighted by molar-refractivity contribution is 6.03. The summed E-state index contributed by atoms with van der Waals surface area (Å²) < 4.78 is 12.8. The molecule has 2 heterocycles. The Morgan fingerprint density at radius 1 is 1.11 bits per heavy atom. The maximum absolute atomic E-state index is 5.62. The first kappa shape index (κ1) is 17.1. The molecule has 6 nitrogen and oxygen atoms in total. The molecule has 0 unspecified atom stereocenters. The second-order valence-corrected chi connectivity index (χ2v) is 6.49. The summed E-state index contributed by atoms with van der Waals surface area (Å²) >= 11 is 0. The number of benzene rings is 2. The molecule has 0 aliphatic carbocycles. The second kappa shape index (κ2) is 7.15. The van der Waals surface area contributed by atoms with E-state index in [1.54, 1.807) is 18.9 Å². The van der Waals surface area contributed by atoms with Gasteiger partial charge >= 0.3 is 0 Å². The van der Waals surface area contributed by atoms with Gasteiger partial charge in [-0.05, 0) is 30.3 Å². The van der Waals surface area contributed by atoms with Crippen molar-refractivity contribution >= 4 is 17.1 Å². The van der Waals surface area contributed by atoms with Crippen molar-refractivity contribution in [3.05, 3.63) is 66.0 Å². The van der Waals surface area contributed by atoms with E-state index in [-0.39, 0.29) is 6.04 Å². The summed E-state index contributed by atoms with van der Waals surface area (Å²) in [5.41, 5.74) is 4.94. The van der Waals surface area contributed by atoms with Crippen molar-refractivity contribution in [3.8, 4) is 11.5 Å². The maximum Gasteiger partial charge on any atom is 0.124 e. The molecule has 0 saturated heterocycles. The number of aryl methyl sites for hydroxylation is 1. The lowest BCUT2D eigenvalue weighted by molar-refractivity contribution is 0.396. The number of anilines is 1. The third-order valence-electron chi connectivity index (χ3n) is 4.74. The molecule has 0 bridgehead atoms. The molecule has 1 aromatic heterocycles. The van der Waals surface area contributed by atoms with Crippen LogP contribution < -0.4 is 14.8 Å². The third-order valence-corrected chi connectivity index (χ3v) is 4.74. The normalized spacial score (nSPS) is 16.0. The molecular formula is C21H22N4O2. The molecule has 27 heavy (non-hydrogen) atoms. The minimum Gasteiger partial charge on any atom is -0.497 e. The Morgan fingerprint density at radius 2 is 1.96 bits per heavy atom. The van der Waals surface area contributed by atoms with Gasteiger partial charge in [0.05, 0.1) is 43.5 Å². The van der Waals surface area contributed by atoms with Crippen LogP contribution in [0.4, 0.5) is 11.4 Å². The van der Waals surface area contributed by atoms with E-state index in [4.69, 9.17) is 14.5 Å². The van der Waals surface area contributed by atoms with Crippen molar-refractivity contribution in [2.75, 3.05) is 19.5 Å². The fraction of sp³-hybridized carbons (Fsp3) is 0.238. The van der Waals surface area contributed by atoms with Crippen molar-refractivity contribution in [1.29, 1.82) is 0 Å². The van der Waals surface area contributed by atoms with Gasteiger partial charge < -0.3 is 14.8 Å². The quantitative estimate of drug-likeness (QED) is 0.759. The Kier molecular flexibility index (Phi) is 4.54. The molecule has 0 saturated carbocycles. The summed E-state index contributed by atoms with van der Waals surface area (Å²) in [6.07, 6.45) is 4.54. The Morgan fingerprint density at radius 3 is 2.70 bits per heavy atom. The Hall–Kier alpha value is -3.28. The van der Waals surface area contributed by atoms with Gasteiger partial charge in [-0.25, -0.2) is 0 Å². The molecular weight excluding hydrogens is 340 g/mol. The van der Waals surface area contributed by atoms with Crippen molar-refractivity contribution in [1.82, 2.24) is 9.78 Å². The average Bonchev–Trinajstić information content (AvgIpc) is 3.03. The largest absolute Gasteiger partial charge is 0.497 e. The highest BCUT2D eigenvalue weighted by atomic mass is 16.5. The molecule has 0 fully saturated rings. The third kappa shape index (κ3) is 3.38. The van der Waals surface area contributed by atoms with E-state index < -0.39 is 0 Å². The first-order chi connectivity index (χ1) is 13.2. The van der Waals surface area contributed by atoms with Crippen molar-refractivity contribution in [2.45, 2.75) is 12.5 Å². The van der Waals surface area contributed by atoms with Crippen LogP contribution in [0.25, 0.3) is 0 Å². The van der Waals surface area contributed by atoms with Gasteiger partial charge in [-0.3, -0.25) is 9.67 Å². The lowest BCUT2D eigenvalue weighted by atomic mass is 9.97. The molecule has 1 N–H and O–H groups in total. The van der Waals surface area contributed by atoms with Crippen LogP contribution in [0.1, 0.15) is 23.6 Å². The zero-order valence-electron chi connectivity index (χ0n) is 15.6. The van der Waals surface area contributed by atoms with Crippen molar-refractivity contribution in [3.63, 3.8) is 0 Å². The van der Waals surface area contributed by atoms with E-state index in [0.717, 1.165) is 39.7 Å². The van der Waals surface area contributed by atoms with Crippen LogP contribution >= 0.6 is 0 Å². The number of aliphatic imine (C=N–C) groups is 1. The molecule has 0 radical (unpaired) electrons. The van der Waals surface area contributed by atoms with E-state index in [9.17, 15) is 0 Å². The summed E-state index contributed by atoms with van der Waals surface area (Å²) in [4.78, 5) is 4.93. The number of para-hydroxylation sites is 2. The molecule has 2 aromatic carbocycles. The number of aromatic nitrogens is 2. The molecule has 0 spiro atoms. The van der Waals surface area contributed by atoms with Gasteiger partial charge in [0.15, 0.2) is 0 Å². The number of hydrogen-bond acceptors (Lipinski definition) is 5. The molecule has 138 valence electrons. The second-order valence-electron chi connectivity index (χ2n) is 6.49. The standard InChI is InChI=1S/C21H22N4O2/c1-25-13-14(12-22-25)19-11-20(24-18-7-5-4-6-17(18)23-19)16-10-15(26-2)8-9-21(16)27-3/h4-10,12-13,20,24H,11H2,1-3H3/t20-/m0/s1. The van der Waals surface area contributed by atoms with Crippen molar-refractivity contribution in [2.24, 2.45) is 12.0 Å². The number of methoxy groups -OCH3 is 2. The predicted octanol–water partition coefficient (Wildman–Crippen LogP) is 4.12. The first-order valence-corrected chi connectivity index (χ1v) is 8.82. The number of fused-ring (bicyclic) bond motifs is 1. The van der Waals surface area contributed by atoms with E-state index in [2.05, 4.69) is 10.4 Å². The van der Waals surface area contributed by atoms with Crippen LogP contribution in [0, 0.1) is 0 Å². The number of nitrogens with zero attached hydrogens (tertiary/aromatic N) is 3. The summed E-state index contributed by atoms with van der Waals surface area (Å²) in [5, 5.41) is 7.94. The monoisotopic (exact) mass is 362 g/mol. The molecule has 1 aliphatic heterocycles. The molecule has 3 aromatic rings. The Balaban J connectivity index is 1.82. The van der Waals surface area contributed by atoms with E-state index in [0.29, 0.717) is 6.42 Å². The molecule has 6 heteroatoms. The smallest absolute Gasteiger partial charge is 0.124 e. The van der Waals surface area contributed by atoms with Crippen LogP contribution in [0.3, 0.4) is 0 Å². The van der Waals surface area contributed by atoms with Crippen LogP contribution in [0.15, 0.2) is 59.9 Å². The van der Waals surface area contributed by atoms with Gasteiger partial charge in [0.1, 0.15) is 11.5 Å². The van der Waals surface area contributed by atoms with Gasteiger partial charge in [-0.15, -0.1) is 0 Å².